The van der Waals surface area contributed by atoms with Crippen LogP contribution < -0.4 is 0 Å². The van der Waals surface area contributed by atoms with E-state index in [2.05, 4.69) is 0 Å². The molecule has 94 valence electrons. The lowest BCUT2D eigenvalue weighted by molar-refractivity contribution is -0.149. The number of hydrogen-bond donors (Lipinski definition) is 0. The number of ether oxygens (including phenoxy) is 2. The van der Waals surface area contributed by atoms with Crippen molar-refractivity contribution < 1.29 is 14.3 Å². The third-order valence-electron chi connectivity index (χ3n) is 3.26. The van der Waals surface area contributed by atoms with Gasteiger partial charge in [-0.2, -0.15) is 0 Å². The van der Waals surface area contributed by atoms with Gasteiger partial charge in [0.15, 0.2) is 0 Å². The van der Waals surface area contributed by atoms with Gasteiger partial charge in [0.25, 0.3) is 0 Å². The van der Waals surface area contributed by atoms with Crippen molar-refractivity contribution in [3.8, 4) is 0 Å². The van der Waals surface area contributed by atoms with Crippen LogP contribution in [-0.4, -0.2) is 25.3 Å². The van der Waals surface area contributed by atoms with Crippen molar-refractivity contribution >= 4 is 5.97 Å². The smallest absolute Gasteiger partial charge is 0.308 e. The van der Waals surface area contributed by atoms with E-state index in [0.29, 0.717) is 12.7 Å². The van der Waals surface area contributed by atoms with E-state index < -0.39 is 0 Å². The second-order valence-electron chi connectivity index (χ2n) is 4.46. The normalized spacial score (nSPS) is 20.3. The van der Waals surface area contributed by atoms with Gasteiger partial charge in [-0.3, -0.25) is 4.79 Å². The van der Waals surface area contributed by atoms with Crippen LogP contribution in [0.5, 0.6) is 0 Å². The first-order valence-corrected chi connectivity index (χ1v) is 6.56. The molecular formula is C13H24O3. The lowest BCUT2D eigenvalue weighted by Crippen LogP contribution is -2.17. The highest BCUT2D eigenvalue weighted by Crippen LogP contribution is 2.17. The molecule has 1 unspecified atom stereocenters. The summed E-state index contributed by atoms with van der Waals surface area (Å²) in [7, 11) is 0. The van der Waals surface area contributed by atoms with Crippen molar-refractivity contribution in [1.82, 2.24) is 0 Å². The van der Waals surface area contributed by atoms with Gasteiger partial charge in [-0.15, -0.1) is 0 Å². The van der Waals surface area contributed by atoms with Gasteiger partial charge in [0, 0.05) is 6.61 Å². The Labute approximate surface area is 98.5 Å². The summed E-state index contributed by atoms with van der Waals surface area (Å²) in [6.07, 6.45) is 6.46. The van der Waals surface area contributed by atoms with Crippen LogP contribution in [0.15, 0.2) is 0 Å². The molecule has 1 atom stereocenters. The summed E-state index contributed by atoms with van der Waals surface area (Å²) in [5.74, 6) is 0.0556. The quantitative estimate of drug-likeness (QED) is 0.496. The fraction of sp³-hybridized carbons (Fsp3) is 0.923. The first-order valence-electron chi connectivity index (χ1n) is 6.56. The summed E-state index contributed by atoms with van der Waals surface area (Å²) in [5.41, 5.74) is 0. The van der Waals surface area contributed by atoms with Gasteiger partial charge in [0.2, 0.25) is 0 Å². The van der Waals surface area contributed by atoms with Gasteiger partial charge in [0.1, 0.15) is 0 Å². The van der Waals surface area contributed by atoms with E-state index in [9.17, 15) is 4.79 Å². The number of rotatable bonds is 7. The number of hydrogen-bond acceptors (Lipinski definition) is 3. The second kappa shape index (κ2) is 7.66. The van der Waals surface area contributed by atoms with Gasteiger partial charge in [-0.25, -0.2) is 0 Å². The predicted octanol–water partition coefficient (Wildman–Crippen LogP) is 2.93. The third-order valence-corrected chi connectivity index (χ3v) is 3.26. The van der Waals surface area contributed by atoms with E-state index in [-0.39, 0.29) is 11.9 Å². The summed E-state index contributed by atoms with van der Waals surface area (Å²) in [6.45, 7) is 5.51. The number of esters is 1. The Balaban J connectivity index is 2.03. The molecule has 0 N–H and O–H groups in total. The molecule has 1 heterocycles. The summed E-state index contributed by atoms with van der Waals surface area (Å²) >= 11 is 0. The fourth-order valence-corrected chi connectivity index (χ4v) is 2.10. The van der Waals surface area contributed by atoms with Crippen LogP contribution in [0, 0.1) is 5.92 Å². The van der Waals surface area contributed by atoms with Crippen LogP contribution in [0.25, 0.3) is 0 Å². The fourth-order valence-electron chi connectivity index (χ4n) is 2.10. The van der Waals surface area contributed by atoms with Crippen molar-refractivity contribution in [3.05, 3.63) is 0 Å². The van der Waals surface area contributed by atoms with Crippen molar-refractivity contribution in [2.24, 2.45) is 5.92 Å². The van der Waals surface area contributed by atoms with Gasteiger partial charge < -0.3 is 9.47 Å². The second-order valence-corrected chi connectivity index (χ2v) is 4.46. The van der Waals surface area contributed by atoms with Crippen LogP contribution in [0.4, 0.5) is 0 Å². The minimum atomic E-state index is -0.0302. The summed E-state index contributed by atoms with van der Waals surface area (Å²) in [4.78, 5) is 11.5. The van der Waals surface area contributed by atoms with Crippen LogP contribution in [-0.2, 0) is 14.3 Å². The molecule has 1 rings (SSSR count). The standard InChI is InChI=1S/C13H24O3/c1-3-11(4-2)13(14)16-10-6-8-12-7-5-9-15-12/h11-12H,3-10H2,1-2H3. The maximum Gasteiger partial charge on any atom is 0.308 e. The molecule has 0 amide bonds. The summed E-state index contributed by atoms with van der Waals surface area (Å²) in [6, 6.07) is 0. The first kappa shape index (κ1) is 13.5. The minimum Gasteiger partial charge on any atom is -0.465 e. The maximum absolute atomic E-state index is 11.5. The van der Waals surface area contributed by atoms with Crippen LogP contribution >= 0.6 is 0 Å². The molecule has 0 aliphatic carbocycles. The molecule has 3 nitrogen and oxygen atoms in total. The molecule has 1 saturated heterocycles. The highest BCUT2D eigenvalue weighted by molar-refractivity contribution is 5.72. The Morgan fingerprint density at radius 3 is 2.75 bits per heavy atom. The molecule has 0 bridgehead atoms. The lowest BCUT2D eigenvalue weighted by atomic mass is 10.0. The van der Waals surface area contributed by atoms with Gasteiger partial charge in [-0.1, -0.05) is 13.8 Å². The average Bonchev–Trinajstić information content (AvgIpc) is 2.79. The van der Waals surface area contributed by atoms with Crippen LogP contribution in [0.1, 0.15) is 52.4 Å². The maximum atomic E-state index is 11.5. The Morgan fingerprint density at radius 2 is 2.19 bits per heavy atom. The van der Waals surface area contributed by atoms with Crippen LogP contribution in [0.2, 0.25) is 0 Å². The van der Waals surface area contributed by atoms with E-state index in [4.69, 9.17) is 9.47 Å². The van der Waals surface area contributed by atoms with Gasteiger partial charge in [-0.05, 0) is 38.5 Å². The first-order chi connectivity index (χ1) is 7.77. The van der Waals surface area contributed by atoms with Crippen molar-refractivity contribution in [3.63, 3.8) is 0 Å². The molecule has 0 aromatic heterocycles. The largest absolute Gasteiger partial charge is 0.465 e. The summed E-state index contributed by atoms with van der Waals surface area (Å²) < 4.78 is 10.8. The van der Waals surface area contributed by atoms with Crippen molar-refractivity contribution in [1.29, 1.82) is 0 Å². The Kier molecular flexibility index (Phi) is 6.46. The third kappa shape index (κ3) is 4.52. The average molecular weight is 228 g/mol. The minimum absolute atomic E-state index is 0.0302. The zero-order chi connectivity index (χ0) is 11.8. The predicted molar refractivity (Wildman–Crippen MR) is 63.2 cm³/mol. The van der Waals surface area contributed by atoms with E-state index in [1.54, 1.807) is 0 Å². The molecule has 0 saturated carbocycles. The highest BCUT2D eigenvalue weighted by atomic mass is 16.5. The molecule has 0 aromatic rings. The van der Waals surface area contributed by atoms with E-state index in [0.717, 1.165) is 32.3 Å². The molecule has 0 spiro atoms. The summed E-state index contributed by atoms with van der Waals surface area (Å²) in [5, 5.41) is 0. The van der Waals surface area contributed by atoms with E-state index in [1.165, 1.54) is 12.8 Å². The van der Waals surface area contributed by atoms with Crippen molar-refractivity contribution in [2.45, 2.75) is 58.5 Å². The number of carbonyl (C=O) groups excluding carboxylic acids is 1. The molecule has 3 heteroatoms. The molecule has 1 aliphatic heterocycles. The van der Waals surface area contributed by atoms with Gasteiger partial charge in [0.05, 0.1) is 18.6 Å². The zero-order valence-electron chi connectivity index (χ0n) is 10.5. The molecule has 1 aliphatic rings. The SMILES string of the molecule is CCC(CC)C(=O)OCCCC1CCCO1. The molecule has 1 fully saturated rings. The molecule has 16 heavy (non-hydrogen) atoms. The van der Waals surface area contributed by atoms with E-state index in [1.807, 2.05) is 13.8 Å². The Bertz CT molecular complexity index is 193. The number of carbonyl (C=O) groups is 1. The van der Waals surface area contributed by atoms with E-state index >= 15 is 0 Å². The molecule has 0 aromatic carbocycles. The molecular weight excluding hydrogens is 204 g/mol. The van der Waals surface area contributed by atoms with Crippen molar-refractivity contribution in [2.75, 3.05) is 13.2 Å². The highest BCUT2D eigenvalue weighted by Gasteiger charge is 2.17. The molecule has 0 radical (unpaired) electrons. The Hall–Kier alpha value is -0.570. The van der Waals surface area contributed by atoms with Gasteiger partial charge >= 0.3 is 5.97 Å². The monoisotopic (exact) mass is 228 g/mol. The Morgan fingerprint density at radius 1 is 1.44 bits per heavy atom. The zero-order valence-corrected chi connectivity index (χ0v) is 10.5. The topological polar surface area (TPSA) is 35.5 Å². The lowest BCUT2D eigenvalue weighted by Gasteiger charge is -2.13. The van der Waals surface area contributed by atoms with Crippen LogP contribution in [0.3, 0.4) is 0 Å².